The van der Waals surface area contributed by atoms with Crippen LogP contribution in [0.2, 0.25) is 5.02 Å². The van der Waals surface area contributed by atoms with Gasteiger partial charge < -0.3 is 4.74 Å². The van der Waals surface area contributed by atoms with Gasteiger partial charge in [-0.15, -0.1) is 12.4 Å². The van der Waals surface area contributed by atoms with Crippen molar-refractivity contribution in [1.29, 1.82) is 0 Å². The Morgan fingerprint density at radius 3 is 2.59 bits per heavy atom. The number of amides is 1. The number of thiazole rings is 1. The SMILES string of the molecule is Cc1cc(Cl)cc2sc(N(CCCN3CCOCC3)C(=O)CCCS(=O)(=O)c3ccc(F)cc3)nc12.Cl. The van der Waals surface area contributed by atoms with Crippen molar-refractivity contribution in [3.05, 3.63) is 52.8 Å². The Kier molecular flexibility index (Phi) is 10.7. The topological polar surface area (TPSA) is 79.8 Å². The van der Waals surface area contributed by atoms with Crippen molar-refractivity contribution in [2.24, 2.45) is 0 Å². The first-order chi connectivity index (χ1) is 17.2. The number of morpholine rings is 1. The van der Waals surface area contributed by atoms with Crippen LogP contribution in [0.15, 0.2) is 41.3 Å². The van der Waals surface area contributed by atoms with E-state index >= 15 is 0 Å². The number of carbonyl (C=O) groups excluding carboxylic acids is 1. The summed E-state index contributed by atoms with van der Waals surface area (Å²) in [4.78, 5) is 22.1. The quantitative estimate of drug-likeness (QED) is 0.305. The predicted octanol–water partition coefficient (Wildman–Crippen LogP) is 5.13. The molecule has 0 spiro atoms. The summed E-state index contributed by atoms with van der Waals surface area (Å²) in [6, 6.07) is 8.43. The van der Waals surface area contributed by atoms with Gasteiger partial charge >= 0.3 is 0 Å². The minimum atomic E-state index is -3.61. The number of nitrogens with zero attached hydrogens (tertiary/aromatic N) is 3. The molecule has 2 heterocycles. The number of anilines is 1. The number of rotatable bonds is 10. The van der Waals surface area contributed by atoms with E-state index in [1.807, 2.05) is 19.1 Å². The monoisotopic (exact) mass is 589 g/mol. The molecule has 0 unspecified atom stereocenters. The van der Waals surface area contributed by atoms with Gasteiger partial charge in [-0.25, -0.2) is 17.8 Å². The van der Waals surface area contributed by atoms with Crippen molar-refractivity contribution in [2.45, 2.75) is 31.1 Å². The predicted molar refractivity (Wildman–Crippen MR) is 149 cm³/mol. The molecule has 1 aliphatic heterocycles. The Labute approximate surface area is 231 Å². The van der Waals surface area contributed by atoms with Crippen LogP contribution < -0.4 is 4.90 Å². The summed E-state index contributed by atoms with van der Waals surface area (Å²) in [5, 5.41) is 1.20. The molecule has 1 amide bonds. The van der Waals surface area contributed by atoms with Gasteiger partial charge in [0.2, 0.25) is 5.91 Å². The van der Waals surface area contributed by atoms with Crippen LogP contribution in [-0.2, 0) is 19.4 Å². The first-order valence-electron chi connectivity index (χ1n) is 11.9. The average Bonchev–Trinajstić information content (AvgIpc) is 3.26. The van der Waals surface area contributed by atoms with E-state index in [-0.39, 0.29) is 41.8 Å². The number of hydrogen-bond acceptors (Lipinski definition) is 7. The fourth-order valence-corrected chi connectivity index (χ4v) is 6.94. The van der Waals surface area contributed by atoms with E-state index in [0.29, 0.717) is 29.9 Å². The minimum Gasteiger partial charge on any atom is -0.379 e. The molecule has 0 bridgehead atoms. The highest BCUT2D eigenvalue weighted by Gasteiger charge is 2.22. The molecule has 4 rings (SSSR count). The van der Waals surface area contributed by atoms with Gasteiger partial charge in [-0.05, 0) is 61.7 Å². The zero-order valence-corrected chi connectivity index (χ0v) is 23.7. The van der Waals surface area contributed by atoms with Crippen molar-refractivity contribution < 1.29 is 22.3 Å². The third kappa shape index (κ3) is 7.84. The summed E-state index contributed by atoms with van der Waals surface area (Å²) in [7, 11) is -3.61. The molecule has 12 heteroatoms. The van der Waals surface area contributed by atoms with Crippen LogP contribution in [-0.4, -0.2) is 69.4 Å². The number of benzene rings is 2. The lowest BCUT2D eigenvalue weighted by atomic mass is 10.2. The summed E-state index contributed by atoms with van der Waals surface area (Å²) >= 11 is 7.63. The second-order valence-electron chi connectivity index (χ2n) is 8.80. The van der Waals surface area contributed by atoms with Gasteiger partial charge in [-0.3, -0.25) is 14.6 Å². The van der Waals surface area contributed by atoms with Crippen LogP contribution in [0.4, 0.5) is 9.52 Å². The molecule has 1 saturated heterocycles. The summed E-state index contributed by atoms with van der Waals surface area (Å²) < 4.78 is 44.7. The lowest BCUT2D eigenvalue weighted by molar-refractivity contribution is -0.118. The number of aryl methyl sites for hydroxylation is 1. The lowest BCUT2D eigenvalue weighted by Crippen LogP contribution is -2.39. The van der Waals surface area contributed by atoms with Gasteiger partial charge in [0, 0.05) is 37.6 Å². The number of fused-ring (bicyclic) bond motifs is 1. The second-order valence-corrected chi connectivity index (χ2v) is 12.3. The first-order valence-corrected chi connectivity index (χ1v) is 14.7. The highest BCUT2D eigenvalue weighted by molar-refractivity contribution is 7.91. The molecule has 1 fully saturated rings. The van der Waals surface area contributed by atoms with Crippen molar-refractivity contribution in [3.63, 3.8) is 0 Å². The smallest absolute Gasteiger partial charge is 0.228 e. The molecule has 0 radical (unpaired) electrons. The van der Waals surface area contributed by atoms with E-state index in [1.54, 1.807) is 4.90 Å². The first kappa shape index (κ1) is 29.7. The molecule has 0 N–H and O–H groups in total. The van der Waals surface area contributed by atoms with Gasteiger partial charge in [0.25, 0.3) is 0 Å². The number of ether oxygens (including phenoxy) is 1. The molecule has 3 aromatic rings. The van der Waals surface area contributed by atoms with E-state index in [0.717, 1.165) is 54.0 Å². The number of carbonyl (C=O) groups is 1. The maximum atomic E-state index is 13.3. The van der Waals surface area contributed by atoms with Crippen LogP contribution in [0.5, 0.6) is 0 Å². The van der Waals surface area contributed by atoms with Crippen LogP contribution in [0.25, 0.3) is 10.2 Å². The largest absolute Gasteiger partial charge is 0.379 e. The van der Waals surface area contributed by atoms with Gasteiger partial charge in [0.15, 0.2) is 15.0 Å². The number of sulfone groups is 1. The zero-order chi connectivity index (χ0) is 25.7. The van der Waals surface area contributed by atoms with Crippen LogP contribution in [0.1, 0.15) is 24.8 Å². The minimum absolute atomic E-state index is 0. The zero-order valence-electron chi connectivity index (χ0n) is 20.5. The Bertz CT molecular complexity index is 1310. The number of halogens is 3. The van der Waals surface area contributed by atoms with E-state index in [2.05, 4.69) is 4.90 Å². The molecule has 202 valence electrons. The average molecular weight is 591 g/mol. The number of hydrogen-bond donors (Lipinski definition) is 0. The maximum Gasteiger partial charge on any atom is 0.228 e. The van der Waals surface area contributed by atoms with E-state index < -0.39 is 15.7 Å². The van der Waals surface area contributed by atoms with Gasteiger partial charge in [0.05, 0.1) is 34.1 Å². The normalized spacial score (nSPS) is 14.5. The molecule has 2 aromatic carbocycles. The fraction of sp³-hybridized carbons (Fsp3) is 0.440. The van der Waals surface area contributed by atoms with Gasteiger partial charge in [-0.1, -0.05) is 22.9 Å². The molecule has 0 aliphatic carbocycles. The van der Waals surface area contributed by atoms with Crippen molar-refractivity contribution >= 4 is 66.4 Å². The molecular formula is C25H30Cl2FN3O4S2. The third-order valence-electron chi connectivity index (χ3n) is 6.11. The van der Waals surface area contributed by atoms with Crippen molar-refractivity contribution in [3.8, 4) is 0 Å². The van der Waals surface area contributed by atoms with Crippen molar-refractivity contribution in [2.75, 3.05) is 50.0 Å². The Balaban J connectivity index is 0.00000380. The molecule has 1 aromatic heterocycles. The molecule has 0 saturated carbocycles. The summed E-state index contributed by atoms with van der Waals surface area (Å²) in [6.45, 7) is 6.41. The highest BCUT2D eigenvalue weighted by Crippen LogP contribution is 2.33. The summed E-state index contributed by atoms with van der Waals surface area (Å²) in [5.41, 5.74) is 1.75. The standard InChI is InChI=1S/C25H29ClFN3O4S2.ClH/c1-18-16-19(26)17-22-24(18)28-25(35-22)30(10-3-9-29-11-13-34-14-12-29)23(31)4-2-15-36(32,33)21-7-5-20(27)6-8-21;/h5-8,16-17H,2-4,9-15H2,1H3;1H. The fourth-order valence-electron chi connectivity index (χ4n) is 4.17. The van der Waals surface area contributed by atoms with Crippen LogP contribution in [0.3, 0.4) is 0 Å². The van der Waals surface area contributed by atoms with Crippen molar-refractivity contribution in [1.82, 2.24) is 9.88 Å². The Morgan fingerprint density at radius 1 is 1.19 bits per heavy atom. The molecule has 0 atom stereocenters. The highest BCUT2D eigenvalue weighted by atomic mass is 35.5. The molecule has 7 nitrogen and oxygen atoms in total. The van der Waals surface area contributed by atoms with Crippen LogP contribution in [0, 0.1) is 12.7 Å². The third-order valence-corrected chi connectivity index (χ3v) is 9.17. The Hall–Kier alpha value is -1.82. The maximum absolute atomic E-state index is 13.3. The number of aromatic nitrogens is 1. The summed E-state index contributed by atoms with van der Waals surface area (Å²) in [6.07, 6.45) is 0.983. The van der Waals surface area contributed by atoms with E-state index in [9.17, 15) is 17.6 Å². The van der Waals surface area contributed by atoms with Crippen LogP contribution >= 0.6 is 35.3 Å². The molecule has 37 heavy (non-hydrogen) atoms. The van der Waals surface area contributed by atoms with Gasteiger partial charge in [-0.2, -0.15) is 0 Å². The van der Waals surface area contributed by atoms with E-state index in [4.69, 9.17) is 21.3 Å². The second kappa shape index (κ2) is 13.3. The summed E-state index contributed by atoms with van der Waals surface area (Å²) in [5.74, 6) is -0.862. The van der Waals surface area contributed by atoms with Gasteiger partial charge in [0.1, 0.15) is 5.82 Å². The lowest BCUT2D eigenvalue weighted by Gasteiger charge is -2.27. The Morgan fingerprint density at radius 2 is 1.89 bits per heavy atom. The van der Waals surface area contributed by atoms with E-state index in [1.165, 1.54) is 23.5 Å². The molecular weight excluding hydrogens is 560 g/mol. The molecule has 1 aliphatic rings.